The van der Waals surface area contributed by atoms with E-state index in [2.05, 4.69) is 25.4 Å². The van der Waals surface area contributed by atoms with Gasteiger partial charge in [0, 0.05) is 18.3 Å². The fourth-order valence-electron chi connectivity index (χ4n) is 2.22. The lowest BCUT2D eigenvalue weighted by Gasteiger charge is -2.23. The van der Waals surface area contributed by atoms with Crippen molar-refractivity contribution in [1.29, 1.82) is 0 Å². The highest BCUT2D eigenvalue weighted by Crippen LogP contribution is 2.37. The lowest BCUT2D eigenvalue weighted by Crippen LogP contribution is -2.27. The first-order valence-corrected chi connectivity index (χ1v) is 7.79. The van der Waals surface area contributed by atoms with E-state index in [4.69, 9.17) is 0 Å². The van der Waals surface area contributed by atoms with Crippen molar-refractivity contribution < 1.29 is 28.4 Å². The minimum absolute atomic E-state index is 0.123. The standard InChI is InChI=1S/C16H12BrFN2O6/c1-25-15(21)9-5-3-4-6-19(14(9)16(22)26-2)12-8-11(18)10(17)7-13(12)20(23)24/h3-8H,1-2H3. The lowest BCUT2D eigenvalue weighted by molar-refractivity contribution is -0.384. The van der Waals surface area contributed by atoms with Crippen LogP contribution in [0.15, 0.2) is 52.3 Å². The molecule has 10 heteroatoms. The molecular weight excluding hydrogens is 415 g/mol. The summed E-state index contributed by atoms with van der Waals surface area (Å²) in [5, 5.41) is 11.4. The normalized spacial score (nSPS) is 13.5. The molecule has 0 aliphatic carbocycles. The maximum absolute atomic E-state index is 14.1. The molecule has 0 saturated heterocycles. The summed E-state index contributed by atoms with van der Waals surface area (Å²) in [7, 11) is 2.19. The highest BCUT2D eigenvalue weighted by Gasteiger charge is 2.31. The summed E-state index contributed by atoms with van der Waals surface area (Å²) in [6.07, 6.45) is 5.41. The number of allylic oxidation sites excluding steroid dienone is 2. The van der Waals surface area contributed by atoms with E-state index in [1.165, 1.54) is 24.4 Å². The van der Waals surface area contributed by atoms with Gasteiger partial charge in [-0.2, -0.15) is 0 Å². The van der Waals surface area contributed by atoms with Crippen molar-refractivity contribution >= 4 is 39.2 Å². The number of nitrogens with zero attached hydrogens (tertiary/aromatic N) is 2. The second-order valence-corrected chi connectivity index (χ2v) is 5.68. The molecule has 0 unspecified atom stereocenters. The van der Waals surface area contributed by atoms with Gasteiger partial charge in [0.1, 0.15) is 17.2 Å². The molecule has 1 aromatic rings. The van der Waals surface area contributed by atoms with Crippen LogP contribution in [0, 0.1) is 15.9 Å². The van der Waals surface area contributed by atoms with E-state index in [1.807, 2.05) is 0 Å². The van der Waals surface area contributed by atoms with Gasteiger partial charge in [0.2, 0.25) is 0 Å². The van der Waals surface area contributed by atoms with Crippen molar-refractivity contribution in [2.45, 2.75) is 0 Å². The smallest absolute Gasteiger partial charge is 0.355 e. The van der Waals surface area contributed by atoms with Crippen LogP contribution in [-0.2, 0) is 19.1 Å². The Morgan fingerprint density at radius 3 is 2.42 bits per heavy atom. The molecule has 1 aliphatic rings. The van der Waals surface area contributed by atoms with E-state index in [0.717, 1.165) is 31.3 Å². The second-order valence-electron chi connectivity index (χ2n) is 4.83. The number of hydrogen-bond donors (Lipinski definition) is 0. The second kappa shape index (κ2) is 7.91. The largest absolute Gasteiger partial charge is 0.465 e. The first-order valence-electron chi connectivity index (χ1n) is 7.00. The number of anilines is 1. The molecular formula is C16H12BrFN2O6. The van der Waals surface area contributed by atoms with Gasteiger partial charge in [-0.1, -0.05) is 6.08 Å². The summed E-state index contributed by atoms with van der Waals surface area (Å²) in [5.74, 6) is -2.62. The Morgan fingerprint density at radius 1 is 1.19 bits per heavy atom. The molecule has 0 atom stereocenters. The van der Waals surface area contributed by atoms with Crippen LogP contribution in [0.2, 0.25) is 0 Å². The summed E-state index contributed by atoms with van der Waals surface area (Å²) in [5.41, 5.74) is -1.32. The summed E-state index contributed by atoms with van der Waals surface area (Å²) in [6, 6.07) is 1.83. The molecule has 0 aromatic heterocycles. The zero-order valence-electron chi connectivity index (χ0n) is 13.6. The van der Waals surface area contributed by atoms with Crippen LogP contribution < -0.4 is 4.90 Å². The zero-order chi connectivity index (χ0) is 19.4. The van der Waals surface area contributed by atoms with Crippen LogP contribution in [-0.4, -0.2) is 31.1 Å². The number of ether oxygens (including phenoxy) is 2. The predicted molar refractivity (Wildman–Crippen MR) is 92.6 cm³/mol. The summed E-state index contributed by atoms with van der Waals surface area (Å²) < 4.78 is 23.3. The van der Waals surface area contributed by atoms with E-state index in [1.54, 1.807) is 0 Å². The van der Waals surface area contributed by atoms with Gasteiger partial charge in [0.25, 0.3) is 5.69 Å². The molecule has 0 spiro atoms. The Kier molecular flexibility index (Phi) is 5.88. The first-order chi connectivity index (χ1) is 12.3. The Morgan fingerprint density at radius 2 is 1.85 bits per heavy atom. The Hall–Kier alpha value is -3.01. The molecule has 0 amide bonds. The molecule has 0 bridgehead atoms. The highest BCUT2D eigenvalue weighted by molar-refractivity contribution is 9.10. The van der Waals surface area contributed by atoms with E-state index in [9.17, 15) is 24.1 Å². The van der Waals surface area contributed by atoms with Crippen LogP contribution in [0.1, 0.15) is 0 Å². The van der Waals surface area contributed by atoms with Crippen molar-refractivity contribution in [1.82, 2.24) is 0 Å². The van der Waals surface area contributed by atoms with E-state index in [-0.39, 0.29) is 21.4 Å². The molecule has 0 saturated carbocycles. The van der Waals surface area contributed by atoms with Crippen LogP contribution in [0.4, 0.5) is 15.8 Å². The van der Waals surface area contributed by atoms with Crippen molar-refractivity contribution in [3.8, 4) is 0 Å². The number of benzene rings is 1. The summed E-state index contributed by atoms with van der Waals surface area (Å²) in [4.78, 5) is 36.0. The summed E-state index contributed by atoms with van der Waals surface area (Å²) in [6.45, 7) is 0. The van der Waals surface area contributed by atoms with Crippen molar-refractivity contribution in [2.75, 3.05) is 19.1 Å². The highest BCUT2D eigenvalue weighted by atomic mass is 79.9. The molecule has 1 heterocycles. The number of nitro benzene ring substituents is 1. The van der Waals surface area contributed by atoms with E-state index >= 15 is 0 Å². The predicted octanol–water partition coefficient (Wildman–Crippen LogP) is 2.99. The maximum Gasteiger partial charge on any atom is 0.355 e. The van der Waals surface area contributed by atoms with Crippen LogP contribution in [0.3, 0.4) is 0 Å². The van der Waals surface area contributed by atoms with E-state index in [0.29, 0.717) is 0 Å². The number of hydrogen-bond acceptors (Lipinski definition) is 7. The van der Waals surface area contributed by atoms with Gasteiger partial charge in [0.15, 0.2) is 0 Å². The van der Waals surface area contributed by atoms with Gasteiger partial charge in [-0.05, 0) is 28.1 Å². The van der Waals surface area contributed by atoms with Crippen LogP contribution in [0.25, 0.3) is 0 Å². The van der Waals surface area contributed by atoms with Gasteiger partial charge < -0.3 is 14.4 Å². The van der Waals surface area contributed by atoms with Crippen molar-refractivity contribution in [3.63, 3.8) is 0 Å². The lowest BCUT2D eigenvalue weighted by atomic mass is 10.1. The molecule has 8 nitrogen and oxygen atoms in total. The monoisotopic (exact) mass is 426 g/mol. The minimum Gasteiger partial charge on any atom is -0.465 e. The third-order valence-corrected chi connectivity index (χ3v) is 3.97. The number of rotatable bonds is 4. The van der Waals surface area contributed by atoms with Crippen LogP contribution in [0.5, 0.6) is 0 Å². The number of carbonyl (C=O) groups excluding carboxylic acids is 2. The van der Waals surface area contributed by atoms with E-state index < -0.39 is 28.4 Å². The number of carbonyl (C=O) groups is 2. The Labute approximate surface area is 155 Å². The Balaban J connectivity index is 2.81. The average molecular weight is 427 g/mol. The summed E-state index contributed by atoms with van der Waals surface area (Å²) >= 11 is 2.89. The molecule has 2 rings (SSSR count). The van der Waals surface area contributed by atoms with Gasteiger partial charge in [-0.25, -0.2) is 14.0 Å². The molecule has 1 aromatic carbocycles. The fourth-order valence-corrected chi connectivity index (χ4v) is 2.55. The molecule has 0 N–H and O–H groups in total. The minimum atomic E-state index is -0.959. The van der Waals surface area contributed by atoms with Gasteiger partial charge in [-0.3, -0.25) is 10.1 Å². The molecule has 26 heavy (non-hydrogen) atoms. The Bertz CT molecular complexity index is 878. The van der Waals surface area contributed by atoms with Crippen molar-refractivity contribution in [3.05, 3.63) is 68.2 Å². The average Bonchev–Trinajstić information content (AvgIpc) is 2.84. The third-order valence-electron chi connectivity index (χ3n) is 3.36. The first kappa shape index (κ1) is 19.3. The molecule has 1 aliphatic heterocycles. The SMILES string of the molecule is COC(=O)C1=C(C(=O)OC)N(c2cc(F)c(Br)cc2[N+](=O)[O-])C=CC=C1. The van der Waals surface area contributed by atoms with Crippen LogP contribution >= 0.6 is 15.9 Å². The number of esters is 2. The number of nitro groups is 1. The zero-order valence-corrected chi connectivity index (χ0v) is 15.1. The quantitative estimate of drug-likeness (QED) is 0.414. The molecule has 0 radical (unpaired) electrons. The molecule has 0 fully saturated rings. The van der Waals surface area contributed by atoms with Gasteiger partial charge in [-0.15, -0.1) is 0 Å². The van der Waals surface area contributed by atoms with Crippen molar-refractivity contribution in [2.24, 2.45) is 0 Å². The topological polar surface area (TPSA) is 99.0 Å². The maximum atomic E-state index is 14.1. The number of halogens is 2. The molecule has 136 valence electrons. The van der Waals surface area contributed by atoms with Gasteiger partial charge >= 0.3 is 11.9 Å². The third kappa shape index (κ3) is 3.64. The number of methoxy groups -OCH3 is 2. The fraction of sp³-hybridized carbons (Fsp3) is 0.125. The van der Waals surface area contributed by atoms with Gasteiger partial charge in [0.05, 0.1) is 29.2 Å².